The van der Waals surface area contributed by atoms with Gasteiger partial charge in [-0.05, 0) is 12.0 Å². The van der Waals surface area contributed by atoms with Crippen molar-refractivity contribution in [3.63, 3.8) is 0 Å². The topological polar surface area (TPSA) is 74.6 Å². The van der Waals surface area contributed by atoms with Gasteiger partial charge in [-0.25, -0.2) is 0 Å². The first-order valence-electron chi connectivity index (χ1n) is 5.58. The average Bonchev–Trinajstić information content (AvgIpc) is 2.30. The maximum absolute atomic E-state index is 11.4. The summed E-state index contributed by atoms with van der Waals surface area (Å²) in [5, 5.41) is 18.6. The molecular formula is C13H17KO4. The first-order chi connectivity index (χ1) is 8.05. The van der Waals surface area contributed by atoms with Gasteiger partial charge in [-0.1, -0.05) is 50.1 Å². The fourth-order valence-corrected chi connectivity index (χ4v) is 1.86. The van der Waals surface area contributed by atoms with Crippen LogP contribution in [0.3, 0.4) is 0 Å². The molecule has 0 aliphatic rings. The SMILES string of the molecule is CCCCC(C(=O)O)(C(=O)O)c1ccccc1.[KH]. The van der Waals surface area contributed by atoms with Crippen LogP contribution in [0.25, 0.3) is 0 Å². The van der Waals surface area contributed by atoms with E-state index in [4.69, 9.17) is 0 Å². The Morgan fingerprint density at radius 3 is 2.00 bits per heavy atom. The quantitative estimate of drug-likeness (QED) is 0.612. The molecule has 0 bridgehead atoms. The fraction of sp³-hybridized carbons (Fsp3) is 0.385. The summed E-state index contributed by atoms with van der Waals surface area (Å²) in [6, 6.07) is 8.15. The van der Waals surface area contributed by atoms with E-state index in [1.807, 2.05) is 6.92 Å². The van der Waals surface area contributed by atoms with Crippen molar-refractivity contribution in [2.75, 3.05) is 0 Å². The van der Waals surface area contributed by atoms with Crippen LogP contribution in [0, 0.1) is 0 Å². The number of benzene rings is 1. The molecule has 94 valence electrons. The van der Waals surface area contributed by atoms with Gasteiger partial charge in [0, 0.05) is 0 Å². The van der Waals surface area contributed by atoms with Crippen molar-refractivity contribution >= 4 is 63.3 Å². The minimum atomic E-state index is -1.82. The molecule has 1 aromatic rings. The van der Waals surface area contributed by atoms with E-state index in [1.165, 1.54) is 0 Å². The fourth-order valence-electron chi connectivity index (χ4n) is 1.86. The zero-order valence-electron chi connectivity index (χ0n) is 9.72. The zero-order chi connectivity index (χ0) is 12.9. The molecule has 18 heavy (non-hydrogen) atoms. The van der Waals surface area contributed by atoms with Crippen molar-refractivity contribution in [1.82, 2.24) is 0 Å². The van der Waals surface area contributed by atoms with Gasteiger partial charge in [0.05, 0.1) is 0 Å². The molecule has 0 amide bonds. The first kappa shape index (κ1) is 17.8. The number of rotatable bonds is 6. The zero-order valence-corrected chi connectivity index (χ0v) is 9.72. The number of carboxylic acid groups (broad SMARTS) is 2. The average molecular weight is 276 g/mol. The third-order valence-corrected chi connectivity index (χ3v) is 2.90. The molecule has 0 unspecified atom stereocenters. The first-order valence-corrected chi connectivity index (χ1v) is 5.58. The summed E-state index contributed by atoms with van der Waals surface area (Å²) < 4.78 is 0. The molecule has 0 saturated carbocycles. The van der Waals surface area contributed by atoms with Crippen LogP contribution in [-0.2, 0) is 15.0 Å². The van der Waals surface area contributed by atoms with Crippen LogP contribution >= 0.6 is 0 Å². The minimum absolute atomic E-state index is 0. The molecule has 0 atom stereocenters. The standard InChI is InChI=1S/C13H16O4.K.H/c1-2-3-9-13(11(14)15,12(16)17)10-7-5-4-6-8-10;;/h4-8H,2-3,9H2,1H3,(H,14,15)(H,16,17);;. The third-order valence-electron chi connectivity index (χ3n) is 2.90. The van der Waals surface area contributed by atoms with Gasteiger partial charge < -0.3 is 10.2 Å². The molecule has 4 nitrogen and oxygen atoms in total. The third kappa shape index (κ3) is 3.65. The Morgan fingerprint density at radius 1 is 1.11 bits per heavy atom. The van der Waals surface area contributed by atoms with Crippen molar-refractivity contribution in [2.24, 2.45) is 0 Å². The van der Waals surface area contributed by atoms with Gasteiger partial charge >= 0.3 is 63.3 Å². The molecular weight excluding hydrogens is 259 g/mol. The summed E-state index contributed by atoms with van der Waals surface area (Å²) in [7, 11) is 0. The summed E-state index contributed by atoms with van der Waals surface area (Å²) in [6.45, 7) is 1.90. The number of carbonyl (C=O) groups is 2. The van der Waals surface area contributed by atoms with Crippen LogP contribution < -0.4 is 0 Å². The van der Waals surface area contributed by atoms with Gasteiger partial charge in [0.2, 0.25) is 0 Å². The molecule has 1 aromatic carbocycles. The number of hydrogen-bond donors (Lipinski definition) is 2. The van der Waals surface area contributed by atoms with Crippen LogP contribution in [0.15, 0.2) is 30.3 Å². The Kier molecular flexibility index (Phi) is 7.97. The summed E-state index contributed by atoms with van der Waals surface area (Å²) in [5.41, 5.74) is -1.49. The predicted molar refractivity (Wildman–Crippen MR) is 70.1 cm³/mol. The van der Waals surface area contributed by atoms with Gasteiger partial charge in [0.1, 0.15) is 0 Å². The Bertz CT molecular complexity index is 389. The second kappa shape index (κ2) is 8.06. The van der Waals surface area contributed by atoms with Gasteiger partial charge in [0.25, 0.3) is 0 Å². The van der Waals surface area contributed by atoms with Crippen molar-refractivity contribution in [3.8, 4) is 0 Å². The molecule has 0 radical (unpaired) electrons. The van der Waals surface area contributed by atoms with Crippen LogP contribution in [0.5, 0.6) is 0 Å². The number of aliphatic carboxylic acids is 2. The Labute approximate surface area is 149 Å². The Hall–Kier alpha value is -0.204. The molecule has 0 fully saturated rings. The molecule has 0 saturated heterocycles. The van der Waals surface area contributed by atoms with E-state index in [9.17, 15) is 19.8 Å². The van der Waals surface area contributed by atoms with E-state index in [2.05, 4.69) is 0 Å². The molecule has 0 aliphatic carbocycles. The van der Waals surface area contributed by atoms with E-state index < -0.39 is 17.4 Å². The predicted octanol–water partition coefficient (Wildman–Crippen LogP) is 1.64. The van der Waals surface area contributed by atoms with E-state index in [-0.39, 0.29) is 57.8 Å². The molecule has 2 N–H and O–H groups in total. The molecule has 0 heterocycles. The Balaban J connectivity index is 0.00000289. The van der Waals surface area contributed by atoms with Gasteiger partial charge in [-0.3, -0.25) is 9.59 Å². The summed E-state index contributed by atoms with van der Waals surface area (Å²) in [4.78, 5) is 22.8. The van der Waals surface area contributed by atoms with E-state index in [0.29, 0.717) is 12.0 Å². The summed E-state index contributed by atoms with van der Waals surface area (Å²) in [6.07, 6.45) is 1.43. The summed E-state index contributed by atoms with van der Waals surface area (Å²) >= 11 is 0. The van der Waals surface area contributed by atoms with Crippen LogP contribution in [0.1, 0.15) is 31.7 Å². The molecule has 5 heteroatoms. The van der Waals surface area contributed by atoms with Crippen molar-refractivity contribution in [1.29, 1.82) is 0 Å². The maximum atomic E-state index is 11.4. The second-order valence-corrected chi connectivity index (χ2v) is 3.99. The van der Waals surface area contributed by atoms with Crippen molar-refractivity contribution in [3.05, 3.63) is 35.9 Å². The molecule has 0 aliphatic heterocycles. The number of unbranched alkanes of at least 4 members (excludes halogenated alkanes) is 1. The molecule has 1 rings (SSSR count). The van der Waals surface area contributed by atoms with Crippen LogP contribution in [0.2, 0.25) is 0 Å². The van der Waals surface area contributed by atoms with Crippen molar-refractivity contribution < 1.29 is 19.8 Å². The molecule has 0 aromatic heterocycles. The van der Waals surface area contributed by atoms with Crippen LogP contribution in [0.4, 0.5) is 0 Å². The molecule has 0 spiro atoms. The van der Waals surface area contributed by atoms with E-state index >= 15 is 0 Å². The summed E-state index contributed by atoms with van der Waals surface area (Å²) in [5.74, 6) is -2.60. The van der Waals surface area contributed by atoms with Gasteiger partial charge in [-0.2, -0.15) is 0 Å². The van der Waals surface area contributed by atoms with Crippen molar-refractivity contribution in [2.45, 2.75) is 31.6 Å². The van der Waals surface area contributed by atoms with E-state index in [1.54, 1.807) is 30.3 Å². The number of hydrogen-bond acceptors (Lipinski definition) is 2. The van der Waals surface area contributed by atoms with Gasteiger partial charge in [0.15, 0.2) is 5.41 Å². The second-order valence-electron chi connectivity index (χ2n) is 3.99. The van der Waals surface area contributed by atoms with Gasteiger partial charge in [-0.15, -0.1) is 0 Å². The Morgan fingerprint density at radius 2 is 1.61 bits per heavy atom. The van der Waals surface area contributed by atoms with E-state index in [0.717, 1.165) is 6.42 Å². The normalized spacial score (nSPS) is 10.5. The van der Waals surface area contributed by atoms with Crippen LogP contribution in [-0.4, -0.2) is 73.5 Å². The number of carboxylic acids is 2. The monoisotopic (exact) mass is 276 g/mol.